The highest BCUT2D eigenvalue weighted by Crippen LogP contribution is 2.07. The first-order valence-corrected chi connectivity index (χ1v) is 6.47. The number of pyridine rings is 1. The minimum Gasteiger partial charge on any atom is -0.480 e. The Labute approximate surface area is 121 Å². The van der Waals surface area contributed by atoms with Crippen molar-refractivity contribution in [3.05, 3.63) is 42.6 Å². The van der Waals surface area contributed by atoms with Crippen LogP contribution in [0.2, 0.25) is 0 Å². The zero-order chi connectivity index (χ0) is 15.4. The molecule has 0 aliphatic heterocycles. The van der Waals surface area contributed by atoms with E-state index in [1.54, 1.807) is 49.3 Å². The molecule has 0 radical (unpaired) electrons. The summed E-state index contributed by atoms with van der Waals surface area (Å²) < 4.78 is 1.70. The fraction of sp³-hybridized carbons (Fsp3) is 0.286. The Bertz CT molecular complexity index is 620. The van der Waals surface area contributed by atoms with Crippen LogP contribution in [0.15, 0.2) is 37.1 Å². The van der Waals surface area contributed by atoms with Gasteiger partial charge in [0.2, 0.25) is 0 Å². The molecule has 2 aromatic heterocycles. The smallest absolute Gasteiger partial charge is 0.326 e. The molecular weight excluding hydrogens is 272 g/mol. The zero-order valence-electron chi connectivity index (χ0n) is 11.7. The van der Waals surface area contributed by atoms with Gasteiger partial charge in [-0.1, -0.05) is 13.8 Å². The number of nitrogens with one attached hydrogen (secondary N) is 1. The monoisotopic (exact) mass is 288 g/mol. The molecule has 1 atom stereocenters. The SMILES string of the molecule is CC(C)C(NC(=O)c1ccc(-n2ccnc2)nc1)C(=O)O. The normalized spacial score (nSPS) is 12.1. The molecule has 0 aliphatic carbocycles. The molecule has 0 spiro atoms. The number of rotatable bonds is 5. The molecule has 1 unspecified atom stereocenters. The van der Waals surface area contributed by atoms with Crippen LogP contribution in [0.1, 0.15) is 24.2 Å². The second-order valence-corrected chi connectivity index (χ2v) is 4.91. The maximum Gasteiger partial charge on any atom is 0.326 e. The number of carboxylic acid groups (broad SMARTS) is 1. The van der Waals surface area contributed by atoms with Gasteiger partial charge in [-0.15, -0.1) is 0 Å². The third kappa shape index (κ3) is 3.44. The summed E-state index contributed by atoms with van der Waals surface area (Å²) in [6, 6.07) is 2.34. The second kappa shape index (κ2) is 6.17. The Hall–Kier alpha value is -2.70. The Morgan fingerprint density at radius 2 is 2.10 bits per heavy atom. The number of aromatic nitrogens is 3. The summed E-state index contributed by atoms with van der Waals surface area (Å²) >= 11 is 0. The van der Waals surface area contributed by atoms with Crippen LogP contribution in [0.25, 0.3) is 5.82 Å². The summed E-state index contributed by atoms with van der Waals surface area (Å²) in [4.78, 5) is 31.2. The fourth-order valence-corrected chi connectivity index (χ4v) is 1.81. The second-order valence-electron chi connectivity index (χ2n) is 4.91. The number of hydrogen-bond donors (Lipinski definition) is 2. The molecule has 7 nitrogen and oxygen atoms in total. The first kappa shape index (κ1) is 14.7. The van der Waals surface area contributed by atoms with E-state index < -0.39 is 17.9 Å². The number of nitrogens with zero attached hydrogens (tertiary/aromatic N) is 3. The Kier molecular flexibility index (Phi) is 4.32. The molecule has 2 N–H and O–H groups in total. The molecule has 110 valence electrons. The van der Waals surface area contributed by atoms with Crippen molar-refractivity contribution in [2.45, 2.75) is 19.9 Å². The van der Waals surface area contributed by atoms with Crippen LogP contribution in [-0.4, -0.2) is 37.6 Å². The minimum atomic E-state index is -1.05. The maximum absolute atomic E-state index is 12.0. The standard InChI is InChI=1S/C14H16N4O3/c1-9(2)12(14(20)21)17-13(19)10-3-4-11(16-7-10)18-6-5-15-8-18/h3-9,12H,1-2H3,(H,17,19)(H,20,21). The van der Waals surface area contributed by atoms with E-state index in [-0.39, 0.29) is 5.92 Å². The average Bonchev–Trinajstić information content (AvgIpc) is 2.98. The summed E-state index contributed by atoms with van der Waals surface area (Å²) in [7, 11) is 0. The zero-order valence-corrected chi connectivity index (χ0v) is 11.7. The van der Waals surface area contributed by atoms with E-state index in [1.807, 2.05) is 0 Å². The molecule has 0 saturated carbocycles. The topological polar surface area (TPSA) is 97.1 Å². The van der Waals surface area contributed by atoms with E-state index in [9.17, 15) is 9.59 Å². The van der Waals surface area contributed by atoms with Gasteiger partial charge in [0.1, 0.15) is 18.2 Å². The molecule has 0 bridgehead atoms. The van der Waals surface area contributed by atoms with Gasteiger partial charge in [0, 0.05) is 18.6 Å². The molecule has 2 rings (SSSR count). The summed E-state index contributed by atoms with van der Waals surface area (Å²) in [6.07, 6.45) is 6.37. The number of aliphatic carboxylic acids is 1. The first-order chi connectivity index (χ1) is 9.99. The lowest BCUT2D eigenvalue weighted by Crippen LogP contribution is -2.44. The Morgan fingerprint density at radius 3 is 2.57 bits per heavy atom. The van der Waals surface area contributed by atoms with Crippen molar-refractivity contribution in [1.29, 1.82) is 0 Å². The van der Waals surface area contributed by atoms with Crippen molar-refractivity contribution in [1.82, 2.24) is 19.9 Å². The fourth-order valence-electron chi connectivity index (χ4n) is 1.81. The molecule has 0 fully saturated rings. The van der Waals surface area contributed by atoms with Crippen molar-refractivity contribution in [2.75, 3.05) is 0 Å². The van der Waals surface area contributed by atoms with Crippen molar-refractivity contribution in [3.8, 4) is 5.82 Å². The lowest BCUT2D eigenvalue weighted by atomic mass is 10.0. The van der Waals surface area contributed by atoms with E-state index in [0.717, 1.165) is 0 Å². The van der Waals surface area contributed by atoms with Crippen LogP contribution in [0.4, 0.5) is 0 Å². The van der Waals surface area contributed by atoms with Gasteiger partial charge in [-0.25, -0.2) is 14.8 Å². The lowest BCUT2D eigenvalue weighted by Gasteiger charge is -2.17. The highest BCUT2D eigenvalue weighted by Gasteiger charge is 2.23. The van der Waals surface area contributed by atoms with Gasteiger partial charge in [0.25, 0.3) is 5.91 Å². The van der Waals surface area contributed by atoms with E-state index in [0.29, 0.717) is 11.4 Å². The Balaban J connectivity index is 2.11. The number of imidazole rings is 1. The van der Waals surface area contributed by atoms with Gasteiger partial charge in [-0.2, -0.15) is 0 Å². The van der Waals surface area contributed by atoms with E-state index in [4.69, 9.17) is 5.11 Å². The van der Waals surface area contributed by atoms with Gasteiger partial charge in [0.05, 0.1) is 5.56 Å². The van der Waals surface area contributed by atoms with Crippen LogP contribution in [0.3, 0.4) is 0 Å². The molecule has 0 saturated heterocycles. The average molecular weight is 288 g/mol. The van der Waals surface area contributed by atoms with Gasteiger partial charge in [-0.3, -0.25) is 9.36 Å². The number of carbonyl (C=O) groups is 2. The maximum atomic E-state index is 12.0. The van der Waals surface area contributed by atoms with E-state index in [1.165, 1.54) is 6.20 Å². The summed E-state index contributed by atoms with van der Waals surface area (Å²) in [5, 5.41) is 11.6. The summed E-state index contributed by atoms with van der Waals surface area (Å²) in [5.41, 5.74) is 0.311. The summed E-state index contributed by atoms with van der Waals surface area (Å²) in [6.45, 7) is 3.47. The number of hydrogen-bond acceptors (Lipinski definition) is 4. The predicted molar refractivity (Wildman–Crippen MR) is 75.1 cm³/mol. The highest BCUT2D eigenvalue weighted by molar-refractivity contribution is 5.96. The third-order valence-electron chi connectivity index (χ3n) is 3.00. The molecular formula is C14H16N4O3. The first-order valence-electron chi connectivity index (χ1n) is 6.47. The van der Waals surface area contributed by atoms with E-state index in [2.05, 4.69) is 15.3 Å². The van der Waals surface area contributed by atoms with Crippen molar-refractivity contribution < 1.29 is 14.7 Å². The van der Waals surface area contributed by atoms with Gasteiger partial charge >= 0.3 is 5.97 Å². The predicted octanol–water partition coefficient (Wildman–Crippen LogP) is 1.11. The largest absolute Gasteiger partial charge is 0.480 e. The molecule has 7 heteroatoms. The number of carboxylic acids is 1. The minimum absolute atomic E-state index is 0.204. The number of carbonyl (C=O) groups excluding carboxylic acids is 1. The van der Waals surface area contributed by atoms with Crippen molar-refractivity contribution in [3.63, 3.8) is 0 Å². The number of amides is 1. The molecule has 1 amide bonds. The third-order valence-corrected chi connectivity index (χ3v) is 3.00. The molecule has 2 heterocycles. The van der Waals surface area contributed by atoms with Crippen LogP contribution in [0.5, 0.6) is 0 Å². The molecule has 0 aliphatic rings. The van der Waals surface area contributed by atoms with Crippen LogP contribution in [0, 0.1) is 5.92 Å². The Morgan fingerprint density at radius 1 is 1.33 bits per heavy atom. The molecule has 2 aromatic rings. The van der Waals surface area contributed by atoms with Crippen LogP contribution < -0.4 is 5.32 Å². The quantitative estimate of drug-likeness (QED) is 0.859. The summed E-state index contributed by atoms with van der Waals surface area (Å²) in [5.74, 6) is -1.09. The van der Waals surface area contributed by atoms with Crippen LogP contribution in [-0.2, 0) is 4.79 Å². The van der Waals surface area contributed by atoms with E-state index >= 15 is 0 Å². The molecule has 0 aromatic carbocycles. The highest BCUT2D eigenvalue weighted by atomic mass is 16.4. The van der Waals surface area contributed by atoms with Crippen LogP contribution >= 0.6 is 0 Å². The lowest BCUT2D eigenvalue weighted by molar-refractivity contribution is -0.140. The van der Waals surface area contributed by atoms with Gasteiger partial charge in [0.15, 0.2) is 0 Å². The van der Waals surface area contributed by atoms with Gasteiger partial charge < -0.3 is 10.4 Å². The molecule has 21 heavy (non-hydrogen) atoms. The van der Waals surface area contributed by atoms with Crippen molar-refractivity contribution in [2.24, 2.45) is 5.92 Å². The van der Waals surface area contributed by atoms with Gasteiger partial charge in [-0.05, 0) is 18.1 Å². The van der Waals surface area contributed by atoms with Crippen molar-refractivity contribution >= 4 is 11.9 Å².